The van der Waals surface area contributed by atoms with Gasteiger partial charge in [-0.2, -0.15) is 0 Å². The minimum Gasteiger partial charge on any atom is -0.377 e. The van der Waals surface area contributed by atoms with Gasteiger partial charge in [0.05, 0.1) is 25.1 Å². The third-order valence-electron chi connectivity index (χ3n) is 1.99. The predicted molar refractivity (Wildman–Crippen MR) is 42.5 cm³/mol. The van der Waals surface area contributed by atoms with E-state index in [2.05, 4.69) is 10.3 Å². The smallest absolute Gasteiger partial charge is 0.100 e. The summed E-state index contributed by atoms with van der Waals surface area (Å²) in [7, 11) is 0. The summed E-state index contributed by atoms with van der Waals surface area (Å²) in [5.74, 6) is 0. The van der Waals surface area contributed by atoms with Crippen molar-refractivity contribution in [3.05, 3.63) is 11.9 Å². The molecule has 1 fully saturated rings. The van der Waals surface area contributed by atoms with Gasteiger partial charge in [0, 0.05) is 6.04 Å². The van der Waals surface area contributed by atoms with Crippen molar-refractivity contribution >= 4 is 0 Å². The first-order chi connectivity index (χ1) is 5.77. The van der Waals surface area contributed by atoms with Gasteiger partial charge in [0.1, 0.15) is 6.04 Å². The quantitative estimate of drug-likeness (QED) is 0.668. The summed E-state index contributed by atoms with van der Waals surface area (Å²) in [5, 5.41) is 7.92. The van der Waals surface area contributed by atoms with Gasteiger partial charge in [-0.1, -0.05) is 5.21 Å². The highest BCUT2D eigenvalue weighted by atomic mass is 16.5. The van der Waals surface area contributed by atoms with Gasteiger partial charge in [0.15, 0.2) is 0 Å². The molecule has 1 aliphatic rings. The number of nitrogens with two attached hydrogens (primary N) is 1. The van der Waals surface area contributed by atoms with Crippen LogP contribution in [0.4, 0.5) is 0 Å². The van der Waals surface area contributed by atoms with Crippen molar-refractivity contribution in [2.24, 2.45) is 5.73 Å². The zero-order chi connectivity index (χ0) is 8.55. The van der Waals surface area contributed by atoms with Crippen molar-refractivity contribution in [3.63, 3.8) is 0 Å². The Bertz CT molecular complexity index is 266. The van der Waals surface area contributed by atoms with Crippen LogP contribution in [0.1, 0.15) is 24.7 Å². The van der Waals surface area contributed by atoms with E-state index in [-0.39, 0.29) is 6.04 Å². The van der Waals surface area contributed by atoms with Crippen molar-refractivity contribution in [2.45, 2.75) is 19.0 Å². The van der Waals surface area contributed by atoms with E-state index >= 15 is 0 Å². The summed E-state index contributed by atoms with van der Waals surface area (Å²) in [6.45, 7) is 3.37. The molecule has 1 saturated heterocycles. The molecule has 1 aromatic heterocycles. The lowest BCUT2D eigenvalue weighted by molar-refractivity contribution is -0.0294. The second kappa shape index (κ2) is 2.84. The Hall–Kier alpha value is -0.940. The molecule has 2 rings (SSSR count). The largest absolute Gasteiger partial charge is 0.377 e. The highest BCUT2D eigenvalue weighted by Crippen LogP contribution is 2.16. The molecular formula is C7H12N4O. The monoisotopic (exact) mass is 168 g/mol. The molecule has 5 nitrogen and oxygen atoms in total. The molecule has 1 unspecified atom stereocenters. The van der Waals surface area contributed by atoms with E-state index in [9.17, 15) is 0 Å². The second-order valence-electron chi connectivity index (χ2n) is 3.10. The fraction of sp³-hybridized carbons (Fsp3) is 0.714. The van der Waals surface area contributed by atoms with Gasteiger partial charge in [-0.25, -0.2) is 4.68 Å². The van der Waals surface area contributed by atoms with E-state index in [4.69, 9.17) is 10.5 Å². The average Bonchev–Trinajstić information content (AvgIpc) is 2.32. The Balaban J connectivity index is 2.12. The Morgan fingerprint density at radius 1 is 1.75 bits per heavy atom. The third kappa shape index (κ3) is 1.21. The number of hydrogen-bond donors (Lipinski definition) is 1. The lowest BCUT2D eigenvalue weighted by Crippen LogP contribution is -2.31. The zero-order valence-corrected chi connectivity index (χ0v) is 6.97. The summed E-state index contributed by atoms with van der Waals surface area (Å²) in [6, 6.07) is 0.324. The second-order valence-corrected chi connectivity index (χ2v) is 3.10. The van der Waals surface area contributed by atoms with Crippen LogP contribution in [0.15, 0.2) is 6.20 Å². The van der Waals surface area contributed by atoms with E-state index in [1.807, 2.05) is 17.8 Å². The van der Waals surface area contributed by atoms with Crippen molar-refractivity contribution in [1.29, 1.82) is 0 Å². The fourth-order valence-corrected chi connectivity index (χ4v) is 1.05. The molecule has 2 N–H and O–H groups in total. The van der Waals surface area contributed by atoms with Crippen LogP contribution < -0.4 is 5.73 Å². The topological polar surface area (TPSA) is 66.0 Å². The number of ether oxygens (including phenoxy) is 1. The molecule has 0 spiro atoms. The highest BCUT2D eigenvalue weighted by Gasteiger charge is 2.21. The number of nitrogens with zero attached hydrogens (tertiary/aromatic N) is 3. The van der Waals surface area contributed by atoms with Gasteiger partial charge in [-0.05, 0) is 6.92 Å². The maximum atomic E-state index is 5.64. The molecule has 1 atom stereocenters. The summed E-state index contributed by atoms with van der Waals surface area (Å²) < 4.78 is 6.86. The molecule has 0 amide bonds. The lowest BCUT2D eigenvalue weighted by atomic mass is 10.2. The van der Waals surface area contributed by atoms with Crippen LogP contribution in [-0.4, -0.2) is 28.2 Å². The molecule has 0 aromatic carbocycles. The maximum absolute atomic E-state index is 5.64. The molecule has 0 radical (unpaired) electrons. The fourth-order valence-electron chi connectivity index (χ4n) is 1.05. The molecule has 0 bridgehead atoms. The van der Waals surface area contributed by atoms with Crippen LogP contribution >= 0.6 is 0 Å². The number of hydrogen-bond acceptors (Lipinski definition) is 4. The average molecular weight is 168 g/mol. The Labute approximate surface area is 70.5 Å². The number of aromatic nitrogens is 3. The minimum absolute atomic E-state index is 0.0419. The predicted octanol–water partition coefficient (Wildman–Crippen LogP) is -0.131. The first-order valence-electron chi connectivity index (χ1n) is 4.02. The van der Waals surface area contributed by atoms with E-state index < -0.39 is 0 Å². The van der Waals surface area contributed by atoms with Crippen LogP contribution in [-0.2, 0) is 4.74 Å². The SMILES string of the molecule is CC(N)c1cn(C2COC2)nn1. The van der Waals surface area contributed by atoms with Gasteiger partial charge in [-0.3, -0.25) is 0 Å². The molecular weight excluding hydrogens is 156 g/mol. The Morgan fingerprint density at radius 3 is 2.92 bits per heavy atom. The van der Waals surface area contributed by atoms with Gasteiger partial charge in [0.2, 0.25) is 0 Å². The normalized spacial score (nSPS) is 20.5. The van der Waals surface area contributed by atoms with Crippen molar-refractivity contribution in [1.82, 2.24) is 15.0 Å². The van der Waals surface area contributed by atoms with E-state index in [0.29, 0.717) is 6.04 Å². The summed E-state index contributed by atoms with van der Waals surface area (Å²) in [6.07, 6.45) is 1.89. The first kappa shape index (κ1) is 7.70. The van der Waals surface area contributed by atoms with Crippen LogP contribution in [0.3, 0.4) is 0 Å². The maximum Gasteiger partial charge on any atom is 0.100 e. The van der Waals surface area contributed by atoms with E-state index in [0.717, 1.165) is 18.9 Å². The molecule has 0 aliphatic carbocycles. The molecule has 2 heterocycles. The summed E-state index contributed by atoms with van der Waals surface area (Å²) >= 11 is 0. The van der Waals surface area contributed by atoms with Gasteiger partial charge >= 0.3 is 0 Å². The lowest BCUT2D eigenvalue weighted by Gasteiger charge is -2.25. The van der Waals surface area contributed by atoms with Gasteiger partial charge < -0.3 is 10.5 Å². The molecule has 1 aromatic rings. The Morgan fingerprint density at radius 2 is 2.50 bits per heavy atom. The number of rotatable bonds is 2. The van der Waals surface area contributed by atoms with Crippen LogP contribution in [0.2, 0.25) is 0 Å². The third-order valence-corrected chi connectivity index (χ3v) is 1.99. The van der Waals surface area contributed by atoms with E-state index in [1.165, 1.54) is 0 Å². The molecule has 5 heteroatoms. The molecule has 0 saturated carbocycles. The van der Waals surface area contributed by atoms with Crippen LogP contribution in [0.25, 0.3) is 0 Å². The van der Waals surface area contributed by atoms with Crippen molar-refractivity contribution in [3.8, 4) is 0 Å². The molecule has 1 aliphatic heterocycles. The first-order valence-corrected chi connectivity index (χ1v) is 4.02. The zero-order valence-electron chi connectivity index (χ0n) is 6.97. The van der Waals surface area contributed by atoms with E-state index in [1.54, 1.807) is 0 Å². The standard InChI is InChI=1S/C7H12N4O/c1-5(8)7-2-11(10-9-7)6-3-12-4-6/h2,5-6H,3-4,8H2,1H3. The summed E-state index contributed by atoms with van der Waals surface area (Å²) in [4.78, 5) is 0. The van der Waals surface area contributed by atoms with Crippen LogP contribution in [0, 0.1) is 0 Å². The molecule has 12 heavy (non-hydrogen) atoms. The highest BCUT2D eigenvalue weighted by molar-refractivity contribution is 4.98. The van der Waals surface area contributed by atoms with Crippen molar-refractivity contribution in [2.75, 3.05) is 13.2 Å². The molecule has 66 valence electrons. The van der Waals surface area contributed by atoms with Gasteiger partial charge in [-0.15, -0.1) is 5.10 Å². The van der Waals surface area contributed by atoms with Crippen molar-refractivity contribution < 1.29 is 4.74 Å². The van der Waals surface area contributed by atoms with Gasteiger partial charge in [0.25, 0.3) is 0 Å². The minimum atomic E-state index is -0.0419. The Kier molecular flexibility index (Phi) is 1.82. The van der Waals surface area contributed by atoms with Crippen LogP contribution in [0.5, 0.6) is 0 Å². The summed E-state index contributed by atoms with van der Waals surface area (Å²) in [5.41, 5.74) is 6.47.